The Morgan fingerprint density at radius 2 is 1.12 bits per heavy atom. The number of carbonyl (C=O) groups excluding carboxylic acids is 2. The van der Waals surface area contributed by atoms with Crippen molar-refractivity contribution in [3.05, 3.63) is 89.5 Å². The van der Waals surface area contributed by atoms with Crippen LogP contribution < -0.4 is 4.74 Å². The monoisotopic (exact) mass is 570 g/mol. The maximum atomic E-state index is 12.6. The highest BCUT2D eigenvalue weighted by Crippen LogP contribution is 2.22. The summed E-state index contributed by atoms with van der Waals surface area (Å²) in [6.07, 6.45) is 14.2. The molecule has 0 saturated carbocycles. The van der Waals surface area contributed by atoms with E-state index in [1.165, 1.54) is 56.9 Å². The maximum absolute atomic E-state index is 12.6. The summed E-state index contributed by atoms with van der Waals surface area (Å²) in [5.74, 6) is -0.506. The van der Waals surface area contributed by atoms with Crippen LogP contribution in [-0.4, -0.2) is 18.0 Å². The zero-order valence-corrected chi connectivity index (χ0v) is 25.5. The molecule has 224 valence electrons. The van der Waals surface area contributed by atoms with Gasteiger partial charge in [-0.05, 0) is 98.8 Å². The van der Waals surface area contributed by atoms with E-state index in [2.05, 4.69) is 36.2 Å². The molecule has 0 radical (unpaired) electrons. The van der Waals surface area contributed by atoms with E-state index in [0.29, 0.717) is 22.6 Å². The van der Waals surface area contributed by atoms with E-state index in [0.717, 1.165) is 31.4 Å². The molecule has 0 aliphatic rings. The summed E-state index contributed by atoms with van der Waals surface area (Å²) in [4.78, 5) is 25.0. The summed E-state index contributed by atoms with van der Waals surface area (Å²) in [7, 11) is 0. The van der Waals surface area contributed by atoms with Gasteiger partial charge in [0.25, 0.3) is 0 Å². The maximum Gasteiger partial charge on any atom is 0.343 e. The number of hydrogen-bond donors (Lipinski definition) is 0. The van der Waals surface area contributed by atoms with Crippen LogP contribution in [0.1, 0.15) is 118 Å². The molecule has 0 aliphatic carbocycles. The topological polar surface area (TPSA) is 77.3 Å². The highest BCUT2D eigenvalue weighted by Gasteiger charge is 2.13. The SMILES string of the molecule is CCCCCCCCc1ccc(N=Nc2ccc(C(=O)Oc3ccc(C(=O)O[C@@H](C)CCCCCC)cc3)cc2)cc1. The Labute approximate surface area is 251 Å². The lowest BCUT2D eigenvalue weighted by molar-refractivity contribution is 0.0319. The molecule has 0 saturated heterocycles. The number of carbonyl (C=O) groups is 2. The van der Waals surface area contributed by atoms with Crippen LogP contribution in [0.2, 0.25) is 0 Å². The van der Waals surface area contributed by atoms with Gasteiger partial charge in [0.15, 0.2) is 0 Å². The summed E-state index contributed by atoms with van der Waals surface area (Å²) in [6.45, 7) is 6.33. The number of unbranched alkanes of at least 4 members (excludes halogenated alkanes) is 8. The molecule has 3 rings (SSSR count). The van der Waals surface area contributed by atoms with Crippen LogP contribution >= 0.6 is 0 Å². The van der Waals surface area contributed by atoms with Crippen molar-refractivity contribution in [2.24, 2.45) is 10.2 Å². The zero-order chi connectivity index (χ0) is 30.0. The third-order valence-corrected chi connectivity index (χ3v) is 7.21. The number of azo groups is 1. The third kappa shape index (κ3) is 12.0. The minimum Gasteiger partial charge on any atom is -0.459 e. The number of ether oxygens (including phenoxy) is 2. The van der Waals surface area contributed by atoms with E-state index >= 15 is 0 Å². The Kier molecular flexibility index (Phi) is 14.5. The number of hydrogen-bond acceptors (Lipinski definition) is 6. The van der Waals surface area contributed by atoms with E-state index < -0.39 is 5.97 Å². The fourth-order valence-corrected chi connectivity index (χ4v) is 4.61. The van der Waals surface area contributed by atoms with Gasteiger partial charge in [0.05, 0.1) is 28.6 Å². The van der Waals surface area contributed by atoms with E-state index in [1.54, 1.807) is 48.5 Å². The quantitative estimate of drug-likeness (QED) is 0.0659. The molecule has 42 heavy (non-hydrogen) atoms. The van der Waals surface area contributed by atoms with Gasteiger partial charge >= 0.3 is 11.9 Å². The minimum absolute atomic E-state index is 0.130. The lowest BCUT2D eigenvalue weighted by Gasteiger charge is -2.13. The van der Waals surface area contributed by atoms with Crippen molar-refractivity contribution < 1.29 is 19.1 Å². The average molecular weight is 571 g/mol. The smallest absolute Gasteiger partial charge is 0.343 e. The molecule has 0 bridgehead atoms. The fraction of sp³-hybridized carbons (Fsp3) is 0.444. The molecule has 0 heterocycles. The zero-order valence-electron chi connectivity index (χ0n) is 25.5. The lowest BCUT2D eigenvalue weighted by atomic mass is 10.0. The van der Waals surface area contributed by atoms with Crippen molar-refractivity contribution in [2.75, 3.05) is 0 Å². The van der Waals surface area contributed by atoms with Crippen LogP contribution in [0.4, 0.5) is 11.4 Å². The second kappa shape index (κ2) is 18.6. The number of benzene rings is 3. The molecule has 6 heteroatoms. The summed E-state index contributed by atoms with van der Waals surface area (Å²) in [5.41, 5.74) is 3.58. The van der Waals surface area contributed by atoms with Gasteiger partial charge in [-0.2, -0.15) is 10.2 Å². The van der Waals surface area contributed by atoms with Crippen LogP contribution in [0, 0.1) is 0 Å². The predicted octanol–water partition coefficient (Wildman–Crippen LogP) is 10.7. The summed E-state index contributed by atoms with van der Waals surface area (Å²) < 4.78 is 11.0. The summed E-state index contributed by atoms with van der Waals surface area (Å²) in [5, 5.41) is 8.62. The first-order valence-electron chi connectivity index (χ1n) is 15.6. The Balaban J connectivity index is 1.43. The Hall–Kier alpha value is -3.80. The largest absolute Gasteiger partial charge is 0.459 e. The van der Waals surface area contributed by atoms with Gasteiger partial charge in [-0.25, -0.2) is 9.59 Å². The highest BCUT2D eigenvalue weighted by atomic mass is 16.5. The minimum atomic E-state index is -0.490. The van der Waals surface area contributed by atoms with Crippen molar-refractivity contribution in [2.45, 2.75) is 104 Å². The molecular formula is C36H46N2O4. The van der Waals surface area contributed by atoms with Crippen molar-refractivity contribution in [1.82, 2.24) is 0 Å². The Morgan fingerprint density at radius 3 is 1.74 bits per heavy atom. The first-order valence-corrected chi connectivity index (χ1v) is 15.6. The second-order valence-corrected chi connectivity index (χ2v) is 10.9. The van der Waals surface area contributed by atoms with Crippen molar-refractivity contribution in [3.8, 4) is 5.75 Å². The van der Waals surface area contributed by atoms with Gasteiger partial charge in [-0.15, -0.1) is 0 Å². The van der Waals surface area contributed by atoms with Gasteiger partial charge in [0, 0.05) is 0 Å². The number of nitrogens with zero attached hydrogens (tertiary/aromatic N) is 2. The Bertz CT molecular complexity index is 1230. The normalized spacial score (nSPS) is 11.9. The molecule has 3 aromatic rings. The van der Waals surface area contributed by atoms with E-state index in [1.807, 2.05) is 19.1 Å². The van der Waals surface area contributed by atoms with Gasteiger partial charge in [-0.1, -0.05) is 77.3 Å². The molecule has 0 amide bonds. The van der Waals surface area contributed by atoms with Gasteiger partial charge in [0.1, 0.15) is 5.75 Å². The predicted molar refractivity (Wildman–Crippen MR) is 169 cm³/mol. The lowest BCUT2D eigenvalue weighted by Crippen LogP contribution is -2.15. The molecule has 0 spiro atoms. The van der Waals surface area contributed by atoms with E-state index in [9.17, 15) is 9.59 Å². The molecule has 0 aliphatic heterocycles. The van der Waals surface area contributed by atoms with Crippen molar-refractivity contribution >= 4 is 23.3 Å². The third-order valence-electron chi connectivity index (χ3n) is 7.21. The number of rotatable bonds is 18. The number of esters is 2. The van der Waals surface area contributed by atoms with Crippen LogP contribution in [-0.2, 0) is 11.2 Å². The first-order chi connectivity index (χ1) is 20.5. The Morgan fingerprint density at radius 1 is 0.619 bits per heavy atom. The molecule has 1 atom stereocenters. The van der Waals surface area contributed by atoms with Crippen LogP contribution in [0.3, 0.4) is 0 Å². The molecule has 0 N–H and O–H groups in total. The number of aryl methyl sites for hydroxylation is 1. The van der Waals surface area contributed by atoms with Gasteiger partial charge in [0.2, 0.25) is 0 Å². The molecular weight excluding hydrogens is 524 g/mol. The van der Waals surface area contributed by atoms with Gasteiger partial charge in [-0.3, -0.25) is 0 Å². The summed E-state index contributed by atoms with van der Waals surface area (Å²) in [6, 6.07) is 21.4. The van der Waals surface area contributed by atoms with Crippen molar-refractivity contribution in [3.63, 3.8) is 0 Å². The summed E-state index contributed by atoms with van der Waals surface area (Å²) >= 11 is 0. The molecule has 0 fully saturated rings. The van der Waals surface area contributed by atoms with Crippen LogP contribution in [0.5, 0.6) is 5.75 Å². The van der Waals surface area contributed by atoms with Crippen LogP contribution in [0.25, 0.3) is 0 Å². The average Bonchev–Trinajstić information content (AvgIpc) is 3.01. The second-order valence-electron chi connectivity index (χ2n) is 10.9. The van der Waals surface area contributed by atoms with E-state index in [-0.39, 0.29) is 12.1 Å². The molecule has 3 aromatic carbocycles. The molecule has 0 aromatic heterocycles. The molecule has 6 nitrogen and oxygen atoms in total. The fourth-order valence-electron chi connectivity index (χ4n) is 4.61. The van der Waals surface area contributed by atoms with Crippen molar-refractivity contribution in [1.29, 1.82) is 0 Å². The molecule has 0 unspecified atom stereocenters. The van der Waals surface area contributed by atoms with Crippen LogP contribution in [0.15, 0.2) is 83.0 Å². The standard InChI is InChI=1S/C36H46N2O4/c1-4-6-8-10-11-13-15-29-16-22-32(23-17-29)37-38-33-24-18-30(19-25-33)36(40)42-34-26-20-31(21-27-34)35(39)41-28(3)14-12-9-7-5-2/h16-28H,4-15H2,1-3H3/t28-/m0/s1. The highest BCUT2D eigenvalue weighted by molar-refractivity contribution is 5.92. The van der Waals surface area contributed by atoms with E-state index in [4.69, 9.17) is 9.47 Å². The first kappa shape index (κ1) is 32.7. The van der Waals surface area contributed by atoms with Gasteiger partial charge < -0.3 is 9.47 Å².